The van der Waals surface area contributed by atoms with Gasteiger partial charge in [-0.05, 0) is 36.4 Å². The van der Waals surface area contributed by atoms with Gasteiger partial charge in [0.15, 0.2) is 0 Å². The van der Waals surface area contributed by atoms with Crippen molar-refractivity contribution in [1.82, 2.24) is 0 Å². The van der Waals surface area contributed by atoms with E-state index in [2.05, 4.69) is 0 Å². The van der Waals surface area contributed by atoms with Crippen LogP contribution in [0.2, 0.25) is 5.02 Å². The number of rotatable bonds is 2. The van der Waals surface area contributed by atoms with Crippen LogP contribution in [0.5, 0.6) is 11.5 Å². The number of hydrogen-bond donors (Lipinski definition) is 0. The standard InChI is InChI=1S/C12H7ClF2O/c13-11-6-5-10(7-12(11)15)16-9-3-1-8(14)2-4-9/h1-7H. The maximum absolute atomic E-state index is 13.1. The highest BCUT2D eigenvalue weighted by Crippen LogP contribution is 2.25. The fourth-order valence-corrected chi connectivity index (χ4v) is 1.30. The van der Waals surface area contributed by atoms with Crippen molar-refractivity contribution >= 4 is 11.6 Å². The van der Waals surface area contributed by atoms with Crippen LogP contribution in [0.15, 0.2) is 42.5 Å². The average Bonchev–Trinajstić information content (AvgIpc) is 2.27. The Morgan fingerprint density at radius 2 is 1.50 bits per heavy atom. The first-order valence-electron chi connectivity index (χ1n) is 4.53. The third-order valence-corrected chi connectivity index (χ3v) is 2.25. The van der Waals surface area contributed by atoms with Gasteiger partial charge in [0.1, 0.15) is 23.1 Å². The van der Waals surface area contributed by atoms with Gasteiger partial charge >= 0.3 is 0 Å². The van der Waals surface area contributed by atoms with Crippen molar-refractivity contribution in [2.75, 3.05) is 0 Å². The predicted molar refractivity (Wildman–Crippen MR) is 57.9 cm³/mol. The molecule has 0 aliphatic heterocycles. The molecule has 0 aliphatic rings. The van der Waals surface area contributed by atoms with E-state index < -0.39 is 5.82 Å². The summed E-state index contributed by atoms with van der Waals surface area (Å²) in [6.45, 7) is 0. The summed E-state index contributed by atoms with van der Waals surface area (Å²) < 4.78 is 31.0. The first kappa shape index (κ1) is 10.9. The molecule has 0 saturated heterocycles. The minimum absolute atomic E-state index is 0.0338. The monoisotopic (exact) mass is 240 g/mol. The number of benzene rings is 2. The van der Waals surface area contributed by atoms with E-state index in [1.165, 1.54) is 42.5 Å². The van der Waals surface area contributed by atoms with Crippen LogP contribution in [-0.4, -0.2) is 0 Å². The van der Waals surface area contributed by atoms with E-state index in [9.17, 15) is 8.78 Å². The summed E-state index contributed by atoms with van der Waals surface area (Å²) in [6, 6.07) is 9.56. The van der Waals surface area contributed by atoms with Crippen molar-refractivity contribution in [1.29, 1.82) is 0 Å². The zero-order valence-corrected chi connectivity index (χ0v) is 8.84. The average molecular weight is 241 g/mol. The fourth-order valence-electron chi connectivity index (χ4n) is 1.18. The second kappa shape index (κ2) is 4.49. The Hall–Kier alpha value is -1.61. The van der Waals surface area contributed by atoms with Crippen molar-refractivity contribution in [2.45, 2.75) is 0 Å². The van der Waals surface area contributed by atoms with Crippen molar-refractivity contribution in [3.63, 3.8) is 0 Å². The molecule has 2 aromatic carbocycles. The molecular weight excluding hydrogens is 234 g/mol. The van der Waals surface area contributed by atoms with Gasteiger partial charge in [0.25, 0.3) is 0 Å². The largest absolute Gasteiger partial charge is 0.457 e. The smallest absolute Gasteiger partial charge is 0.145 e. The van der Waals surface area contributed by atoms with Gasteiger partial charge in [0.05, 0.1) is 5.02 Å². The van der Waals surface area contributed by atoms with E-state index in [0.717, 1.165) is 0 Å². The van der Waals surface area contributed by atoms with Crippen LogP contribution >= 0.6 is 11.6 Å². The van der Waals surface area contributed by atoms with Crippen molar-refractivity contribution in [3.8, 4) is 11.5 Å². The van der Waals surface area contributed by atoms with Crippen LogP contribution < -0.4 is 4.74 Å². The Balaban J connectivity index is 2.20. The molecular formula is C12H7ClF2O. The van der Waals surface area contributed by atoms with Gasteiger partial charge in [-0.1, -0.05) is 11.6 Å². The molecule has 0 radical (unpaired) electrons. The SMILES string of the molecule is Fc1ccc(Oc2ccc(Cl)c(F)c2)cc1. The molecule has 2 aromatic rings. The molecule has 82 valence electrons. The number of halogens is 3. The first-order valence-corrected chi connectivity index (χ1v) is 4.91. The topological polar surface area (TPSA) is 9.23 Å². The highest BCUT2D eigenvalue weighted by molar-refractivity contribution is 6.30. The molecule has 0 amide bonds. The molecule has 2 rings (SSSR count). The minimum atomic E-state index is -0.554. The van der Waals surface area contributed by atoms with Crippen LogP contribution in [0.1, 0.15) is 0 Å². The second-order valence-corrected chi connectivity index (χ2v) is 3.54. The van der Waals surface area contributed by atoms with Crippen LogP contribution in [0.4, 0.5) is 8.78 Å². The maximum atomic E-state index is 13.1. The molecule has 0 unspecified atom stereocenters. The van der Waals surface area contributed by atoms with Crippen molar-refractivity contribution in [3.05, 3.63) is 59.1 Å². The molecule has 0 spiro atoms. The van der Waals surface area contributed by atoms with E-state index in [1.54, 1.807) is 0 Å². The van der Waals surface area contributed by atoms with Crippen molar-refractivity contribution in [2.24, 2.45) is 0 Å². The van der Waals surface area contributed by atoms with Crippen LogP contribution in [0.3, 0.4) is 0 Å². The zero-order chi connectivity index (χ0) is 11.5. The van der Waals surface area contributed by atoms with E-state index in [4.69, 9.17) is 16.3 Å². The second-order valence-electron chi connectivity index (χ2n) is 3.13. The summed E-state index contributed by atoms with van der Waals surface area (Å²) in [7, 11) is 0. The Kier molecular flexibility index (Phi) is 3.06. The molecule has 4 heteroatoms. The molecule has 1 nitrogen and oxygen atoms in total. The Morgan fingerprint density at radius 1 is 0.875 bits per heavy atom. The summed E-state index contributed by atoms with van der Waals surface area (Å²) in [5.74, 6) is -0.160. The summed E-state index contributed by atoms with van der Waals surface area (Å²) in [6.07, 6.45) is 0. The van der Waals surface area contributed by atoms with Gasteiger partial charge in [-0.2, -0.15) is 0 Å². The fraction of sp³-hybridized carbons (Fsp3) is 0. The van der Waals surface area contributed by atoms with Gasteiger partial charge in [-0.25, -0.2) is 8.78 Å². The Bertz CT molecular complexity index is 497. The third-order valence-electron chi connectivity index (χ3n) is 1.94. The first-order chi connectivity index (χ1) is 7.65. The summed E-state index contributed by atoms with van der Waals surface area (Å²) in [5.41, 5.74) is 0. The predicted octanol–water partition coefficient (Wildman–Crippen LogP) is 4.41. The Labute approximate surface area is 96.2 Å². The molecule has 0 bridgehead atoms. The molecule has 0 heterocycles. The summed E-state index contributed by atoms with van der Waals surface area (Å²) >= 11 is 5.52. The highest BCUT2D eigenvalue weighted by atomic mass is 35.5. The number of ether oxygens (including phenoxy) is 1. The normalized spacial score (nSPS) is 10.2. The van der Waals surface area contributed by atoms with E-state index >= 15 is 0 Å². The van der Waals surface area contributed by atoms with Gasteiger partial charge in [0.2, 0.25) is 0 Å². The van der Waals surface area contributed by atoms with Crippen LogP contribution in [0.25, 0.3) is 0 Å². The molecule has 0 fully saturated rings. The van der Waals surface area contributed by atoms with E-state index in [0.29, 0.717) is 11.5 Å². The lowest BCUT2D eigenvalue weighted by molar-refractivity contribution is 0.475. The van der Waals surface area contributed by atoms with Gasteiger partial charge in [0, 0.05) is 6.07 Å². The summed E-state index contributed by atoms with van der Waals surface area (Å²) in [4.78, 5) is 0. The van der Waals surface area contributed by atoms with Gasteiger partial charge in [-0.15, -0.1) is 0 Å². The molecule has 0 N–H and O–H groups in total. The van der Waals surface area contributed by atoms with Crippen molar-refractivity contribution < 1.29 is 13.5 Å². The van der Waals surface area contributed by atoms with Gasteiger partial charge in [-0.3, -0.25) is 0 Å². The molecule has 0 aromatic heterocycles. The maximum Gasteiger partial charge on any atom is 0.145 e. The van der Waals surface area contributed by atoms with Crippen LogP contribution in [0, 0.1) is 11.6 Å². The lowest BCUT2D eigenvalue weighted by Gasteiger charge is -2.05. The lowest BCUT2D eigenvalue weighted by atomic mass is 10.3. The van der Waals surface area contributed by atoms with Gasteiger partial charge < -0.3 is 4.74 Å². The Morgan fingerprint density at radius 3 is 2.12 bits per heavy atom. The lowest BCUT2D eigenvalue weighted by Crippen LogP contribution is -1.86. The van der Waals surface area contributed by atoms with E-state index in [-0.39, 0.29) is 10.8 Å². The third kappa shape index (κ3) is 2.49. The van der Waals surface area contributed by atoms with Crippen LogP contribution in [-0.2, 0) is 0 Å². The molecule has 16 heavy (non-hydrogen) atoms. The molecule has 0 saturated carbocycles. The zero-order valence-electron chi connectivity index (χ0n) is 8.08. The quantitative estimate of drug-likeness (QED) is 0.756. The number of hydrogen-bond acceptors (Lipinski definition) is 1. The molecule has 0 aliphatic carbocycles. The van der Waals surface area contributed by atoms with E-state index in [1.807, 2.05) is 0 Å². The minimum Gasteiger partial charge on any atom is -0.457 e. The highest BCUT2D eigenvalue weighted by Gasteiger charge is 2.03. The summed E-state index contributed by atoms with van der Waals surface area (Å²) in [5, 5.41) is 0.0338. The molecule has 0 atom stereocenters.